The normalized spacial score (nSPS) is 20.9. The smallest absolute Gasteiger partial charge is 0.416 e. The maximum absolute atomic E-state index is 12.8. The van der Waals surface area contributed by atoms with E-state index >= 15 is 0 Å². The zero-order chi connectivity index (χ0) is 17.2. The van der Waals surface area contributed by atoms with Crippen LogP contribution in [-0.2, 0) is 28.5 Å². The molecule has 1 saturated heterocycles. The predicted octanol–water partition coefficient (Wildman–Crippen LogP) is 4.28. The fourth-order valence-corrected chi connectivity index (χ4v) is 3.10. The van der Waals surface area contributed by atoms with Crippen molar-refractivity contribution >= 4 is 5.97 Å². The number of halogens is 3. The van der Waals surface area contributed by atoms with Gasteiger partial charge in [-0.15, -0.1) is 0 Å². The highest BCUT2D eigenvalue weighted by Gasteiger charge is 2.37. The van der Waals surface area contributed by atoms with Gasteiger partial charge < -0.3 is 4.74 Å². The van der Waals surface area contributed by atoms with Crippen molar-refractivity contribution in [1.82, 2.24) is 0 Å². The van der Waals surface area contributed by atoms with E-state index in [4.69, 9.17) is 4.74 Å². The van der Waals surface area contributed by atoms with Crippen LogP contribution in [0.5, 0.6) is 0 Å². The lowest BCUT2D eigenvalue weighted by atomic mass is 9.85. The van der Waals surface area contributed by atoms with E-state index in [1.54, 1.807) is 6.07 Å². The van der Waals surface area contributed by atoms with Gasteiger partial charge in [-0.3, -0.25) is 4.79 Å². The minimum absolute atomic E-state index is 0.0190. The van der Waals surface area contributed by atoms with Crippen molar-refractivity contribution in [1.29, 1.82) is 0 Å². The first-order valence-electron chi connectivity index (χ1n) is 7.80. The second-order valence-corrected chi connectivity index (χ2v) is 6.09. The van der Waals surface area contributed by atoms with Crippen LogP contribution in [0.15, 0.2) is 54.6 Å². The second-order valence-electron chi connectivity index (χ2n) is 6.09. The average molecular weight is 334 g/mol. The molecule has 0 amide bonds. The maximum Gasteiger partial charge on any atom is 0.416 e. The third kappa shape index (κ3) is 3.78. The van der Waals surface area contributed by atoms with Gasteiger partial charge in [0.2, 0.25) is 0 Å². The Morgan fingerprint density at radius 3 is 2.38 bits per heavy atom. The molecule has 1 aliphatic heterocycles. The van der Waals surface area contributed by atoms with Crippen LogP contribution in [0.4, 0.5) is 13.2 Å². The zero-order valence-electron chi connectivity index (χ0n) is 12.9. The van der Waals surface area contributed by atoms with Crippen molar-refractivity contribution in [3.63, 3.8) is 0 Å². The molecule has 126 valence electrons. The van der Waals surface area contributed by atoms with Gasteiger partial charge in [-0.2, -0.15) is 13.2 Å². The summed E-state index contributed by atoms with van der Waals surface area (Å²) in [6.45, 7) is 0.317. The Morgan fingerprint density at radius 2 is 1.67 bits per heavy atom. The molecule has 24 heavy (non-hydrogen) atoms. The topological polar surface area (TPSA) is 26.3 Å². The van der Waals surface area contributed by atoms with Gasteiger partial charge in [0.05, 0.1) is 18.1 Å². The molecular formula is C19H17F3O2. The van der Waals surface area contributed by atoms with E-state index < -0.39 is 17.7 Å². The summed E-state index contributed by atoms with van der Waals surface area (Å²) < 4.78 is 43.7. The monoisotopic (exact) mass is 334 g/mol. The lowest BCUT2D eigenvalue weighted by Crippen LogP contribution is -2.21. The van der Waals surface area contributed by atoms with E-state index in [-0.39, 0.29) is 18.3 Å². The lowest BCUT2D eigenvalue weighted by molar-refractivity contribution is -0.141. The van der Waals surface area contributed by atoms with Crippen LogP contribution in [0.1, 0.15) is 16.7 Å². The Balaban J connectivity index is 1.76. The minimum Gasteiger partial charge on any atom is -0.465 e. The summed E-state index contributed by atoms with van der Waals surface area (Å²) in [6, 6.07) is 14.9. The summed E-state index contributed by atoms with van der Waals surface area (Å²) in [4.78, 5) is 12.0. The Bertz CT molecular complexity index is 710. The molecule has 0 bridgehead atoms. The SMILES string of the molecule is O=C1OC[C@H](Cc2ccccc2)[C@H]1Cc1cccc(C(F)(F)F)c1. The van der Waals surface area contributed by atoms with Gasteiger partial charge in [0.1, 0.15) is 0 Å². The number of ether oxygens (including phenoxy) is 1. The molecule has 0 radical (unpaired) electrons. The first-order valence-corrected chi connectivity index (χ1v) is 7.80. The molecule has 0 spiro atoms. The van der Waals surface area contributed by atoms with Crippen molar-refractivity contribution in [2.24, 2.45) is 11.8 Å². The molecule has 5 heteroatoms. The standard InChI is InChI=1S/C19H17F3O2/c20-19(21,22)16-8-4-7-14(10-16)11-17-15(12-24-18(17)23)9-13-5-2-1-3-6-13/h1-8,10,15,17H,9,11-12H2/t15-,17+/m0/s1. The van der Waals surface area contributed by atoms with E-state index in [1.807, 2.05) is 30.3 Å². The molecule has 0 aliphatic carbocycles. The summed E-state index contributed by atoms with van der Waals surface area (Å²) in [5.41, 5.74) is 0.910. The lowest BCUT2D eigenvalue weighted by Gasteiger charge is -2.16. The molecule has 1 fully saturated rings. The molecule has 2 atom stereocenters. The summed E-state index contributed by atoms with van der Waals surface area (Å²) in [5, 5.41) is 0. The van der Waals surface area contributed by atoms with Crippen LogP contribution in [0, 0.1) is 11.8 Å². The molecule has 2 aromatic rings. The highest BCUT2D eigenvalue weighted by molar-refractivity contribution is 5.75. The zero-order valence-corrected chi connectivity index (χ0v) is 12.9. The van der Waals surface area contributed by atoms with Gasteiger partial charge in [0.15, 0.2) is 0 Å². The van der Waals surface area contributed by atoms with Crippen molar-refractivity contribution in [3.05, 3.63) is 71.3 Å². The van der Waals surface area contributed by atoms with E-state index in [1.165, 1.54) is 6.07 Å². The molecule has 1 aliphatic rings. The number of hydrogen-bond donors (Lipinski definition) is 0. The van der Waals surface area contributed by atoms with E-state index in [9.17, 15) is 18.0 Å². The van der Waals surface area contributed by atoms with E-state index in [0.717, 1.165) is 17.7 Å². The van der Waals surface area contributed by atoms with Crippen molar-refractivity contribution in [2.45, 2.75) is 19.0 Å². The van der Waals surface area contributed by atoms with E-state index in [0.29, 0.717) is 18.6 Å². The third-order valence-corrected chi connectivity index (χ3v) is 4.36. The summed E-state index contributed by atoms with van der Waals surface area (Å²) in [7, 11) is 0. The number of alkyl halides is 3. The van der Waals surface area contributed by atoms with Gasteiger partial charge in [0, 0.05) is 5.92 Å². The number of esters is 1. The van der Waals surface area contributed by atoms with Gasteiger partial charge >= 0.3 is 12.1 Å². The van der Waals surface area contributed by atoms with Gasteiger partial charge in [-0.05, 0) is 30.0 Å². The van der Waals surface area contributed by atoms with Gasteiger partial charge in [-0.25, -0.2) is 0 Å². The van der Waals surface area contributed by atoms with E-state index in [2.05, 4.69) is 0 Å². The first kappa shape index (κ1) is 16.6. The van der Waals surface area contributed by atoms with Gasteiger partial charge in [-0.1, -0.05) is 48.5 Å². The van der Waals surface area contributed by atoms with Crippen LogP contribution in [-0.4, -0.2) is 12.6 Å². The van der Waals surface area contributed by atoms with Crippen molar-refractivity contribution in [2.75, 3.05) is 6.61 Å². The second kappa shape index (κ2) is 6.67. The molecule has 0 N–H and O–H groups in total. The molecular weight excluding hydrogens is 317 g/mol. The van der Waals surface area contributed by atoms with Crippen LogP contribution in [0.3, 0.4) is 0 Å². The van der Waals surface area contributed by atoms with Gasteiger partial charge in [0.25, 0.3) is 0 Å². The highest BCUT2D eigenvalue weighted by Crippen LogP contribution is 2.32. The number of cyclic esters (lactones) is 1. The molecule has 1 heterocycles. The Kier molecular flexibility index (Phi) is 4.60. The third-order valence-electron chi connectivity index (χ3n) is 4.36. The number of benzene rings is 2. The Labute approximate surface area is 138 Å². The summed E-state index contributed by atoms with van der Waals surface area (Å²) in [5.74, 6) is -0.753. The molecule has 2 aromatic carbocycles. The quantitative estimate of drug-likeness (QED) is 0.780. The first-order chi connectivity index (χ1) is 11.4. The minimum atomic E-state index is -4.38. The molecule has 0 aromatic heterocycles. The Morgan fingerprint density at radius 1 is 0.958 bits per heavy atom. The van der Waals surface area contributed by atoms with Crippen LogP contribution >= 0.6 is 0 Å². The van der Waals surface area contributed by atoms with Crippen LogP contribution in [0.25, 0.3) is 0 Å². The van der Waals surface area contributed by atoms with Crippen molar-refractivity contribution in [3.8, 4) is 0 Å². The highest BCUT2D eigenvalue weighted by atomic mass is 19.4. The fourth-order valence-electron chi connectivity index (χ4n) is 3.10. The van der Waals surface area contributed by atoms with Crippen LogP contribution < -0.4 is 0 Å². The van der Waals surface area contributed by atoms with Crippen LogP contribution in [0.2, 0.25) is 0 Å². The average Bonchev–Trinajstić information content (AvgIpc) is 2.89. The Hall–Kier alpha value is -2.30. The number of carbonyl (C=O) groups excluding carboxylic acids is 1. The largest absolute Gasteiger partial charge is 0.465 e. The fraction of sp³-hybridized carbons (Fsp3) is 0.316. The molecule has 3 rings (SSSR count). The number of hydrogen-bond acceptors (Lipinski definition) is 2. The molecule has 0 saturated carbocycles. The number of carbonyl (C=O) groups is 1. The summed E-state index contributed by atoms with van der Waals surface area (Å²) >= 11 is 0. The summed E-state index contributed by atoms with van der Waals surface area (Å²) in [6.07, 6.45) is -3.44. The number of rotatable bonds is 4. The maximum atomic E-state index is 12.8. The molecule has 0 unspecified atom stereocenters. The van der Waals surface area contributed by atoms with Crippen molar-refractivity contribution < 1.29 is 22.7 Å². The predicted molar refractivity (Wildman–Crippen MR) is 83.2 cm³/mol. The molecule has 2 nitrogen and oxygen atoms in total.